The average Bonchev–Trinajstić information content (AvgIpc) is 2.83. The maximum atomic E-state index is 12.4. The Morgan fingerprint density at radius 2 is 2.05 bits per heavy atom. The number of nitrogens with zero attached hydrogens (tertiary/aromatic N) is 1. The molecule has 0 aliphatic rings. The van der Waals surface area contributed by atoms with Gasteiger partial charge in [0.1, 0.15) is 10.6 Å². The molecular weight excluding hydrogens is 290 g/mol. The molecule has 0 aliphatic heterocycles. The van der Waals surface area contributed by atoms with Gasteiger partial charge in [-0.3, -0.25) is 4.72 Å². The summed E-state index contributed by atoms with van der Waals surface area (Å²) in [5.74, 6) is 0.499. The third-order valence-electron chi connectivity index (χ3n) is 3.03. The fourth-order valence-electron chi connectivity index (χ4n) is 1.96. The Morgan fingerprint density at radius 1 is 1.33 bits per heavy atom. The van der Waals surface area contributed by atoms with Crippen molar-refractivity contribution in [2.45, 2.75) is 18.4 Å². The first-order chi connectivity index (χ1) is 9.97. The summed E-state index contributed by atoms with van der Waals surface area (Å²) in [6.07, 6.45) is 1.54. The van der Waals surface area contributed by atoms with Crippen LogP contribution in [0, 0.1) is 0 Å². The molecule has 6 nitrogen and oxygen atoms in total. The van der Waals surface area contributed by atoms with Crippen molar-refractivity contribution in [3.63, 3.8) is 0 Å². The number of nitrogens with two attached hydrogens (primary N) is 1. The van der Waals surface area contributed by atoms with Crippen molar-refractivity contribution in [2.75, 3.05) is 11.3 Å². The molecule has 2 aromatic rings. The Hall–Kier alpha value is -1.99. The van der Waals surface area contributed by atoms with Gasteiger partial charge in [0.2, 0.25) is 0 Å². The fourth-order valence-corrected chi connectivity index (χ4v) is 3.13. The van der Waals surface area contributed by atoms with Crippen LogP contribution >= 0.6 is 0 Å². The zero-order valence-corrected chi connectivity index (χ0v) is 12.9. The summed E-state index contributed by atoms with van der Waals surface area (Å²) in [6, 6.07) is 8.48. The van der Waals surface area contributed by atoms with Gasteiger partial charge in [0.05, 0.1) is 12.3 Å². The van der Waals surface area contributed by atoms with Gasteiger partial charge in [-0.2, -0.15) is 0 Å². The number of nitrogens with one attached hydrogen (secondary N) is 1. The molecule has 0 saturated heterocycles. The molecular formula is C14H19N3O3S. The minimum Gasteiger partial charge on any atom is -0.492 e. The second kappa shape index (κ2) is 6.19. The van der Waals surface area contributed by atoms with Crippen LogP contribution in [0.5, 0.6) is 5.75 Å². The molecule has 0 amide bonds. The minimum atomic E-state index is -3.67. The van der Waals surface area contributed by atoms with Crippen molar-refractivity contribution < 1.29 is 13.2 Å². The van der Waals surface area contributed by atoms with E-state index in [1.54, 1.807) is 41.9 Å². The standard InChI is InChI=1S/C14H19N3O3S/c1-3-20-14-7-5-4-6-13(14)16-21(18,19)12-8-11(9-15)17(2)10-12/h4-8,10,16H,3,9,15H2,1-2H3. The monoisotopic (exact) mass is 309 g/mol. The lowest BCUT2D eigenvalue weighted by Crippen LogP contribution is -2.13. The molecule has 0 radical (unpaired) electrons. The van der Waals surface area contributed by atoms with Crippen LogP contribution in [0.25, 0.3) is 0 Å². The van der Waals surface area contributed by atoms with Crippen LogP contribution in [0.2, 0.25) is 0 Å². The number of anilines is 1. The van der Waals surface area contributed by atoms with Crippen LogP contribution in [-0.4, -0.2) is 19.6 Å². The Kier molecular flexibility index (Phi) is 4.54. The second-order valence-corrected chi connectivity index (χ2v) is 6.20. The number of ether oxygens (including phenoxy) is 1. The Labute approximate surface area is 124 Å². The van der Waals surface area contributed by atoms with E-state index in [1.165, 1.54) is 6.20 Å². The maximum absolute atomic E-state index is 12.4. The van der Waals surface area contributed by atoms with E-state index >= 15 is 0 Å². The highest BCUT2D eigenvalue weighted by Crippen LogP contribution is 2.27. The molecule has 0 bridgehead atoms. The second-order valence-electron chi connectivity index (χ2n) is 4.52. The Morgan fingerprint density at radius 3 is 2.67 bits per heavy atom. The largest absolute Gasteiger partial charge is 0.492 e. The maximum Gasteiger partial charge on any atom is 0.263 e. The highest BCUT2D eigenvalue weighted by Gasteiger charge is 2.19. The number of sulfonamides is 1. The molecule has 7 heteroatoms. The Bertz CT molecular complexity index is 723. The summed E-state index contributed by atoms with van der Waals surface area (Å²) >= 11 is 0. The third kappa shape index (κ3) is 3.37. The van der Waals surface area contributed by atoms with Crippen LogP contribution < -0.4 is 15.2 Å². The smallest absolute Gasteiger partial charge is 0.263 e. The zero-order chi connectivity index (χ0) is 15.5. The number of aryl methyl sites for hydroxylation is 1. The minimum absolute atomic E-state index is 0.178. The predicted molar refractivity (Wildman–Crippen MR) is 81.7 cm³/mol. The van der Waals surface area contributed by atoms with E-state index in [4.69, 9.17) is 10.5 Å². The molecule has 0 unspecified atom stereocenters. The van der Waals surface area contributed by atoms with Gasteiger partial charge in [-0.1, -0.05) is 12.1 Å². The van der Waals surface area contributed by atoms with Crippen LogP contribution in [0.4, 0.5) is 5.69 Å². The van der Waals surface area contributed by atoms with Crippen molar-refractivity contribution in [3.8, 4) is 5.75 Å². The lowest BCUT2D eigenvalue weighted by atomic mass is 10.3. The van der Waals surface area contributed by atoms with Crippen molar-refractivity contribution in [1.29, 1.82) is 0 Å². The number of rotatable bonds is 6. The van der Waals surface area contributed by atoms with Gasteiger partial charge in [0.15, 0.2) is 0 Å². The quantitative estimate of drug-likeness (QED) is 0.850. The van der Waals surface area contributed by atoms with E-state index in [0.717, 1.165) is 5.69 Å². The molecule has 1 aromatic heterocycles. The molecule has 0 atom stereocenters. The molecule has 114 valence electrons. The molecule has 0 aliphatic carbocycles. The molecule has 0 fully saturated rings. The first kappa shape index (κ1) is 15.4. The van der Waals surface area contributed by atoms with Gasteiger partial charge >= 0.3 is 0 Å². The van der Waals surface area contributed by atoms with Crippen LogP contribution in [0.3, 0.4) is 0 Å². The fraction of sp³-hybridized carbons (Fsp3) is 0.286. The Balaban J connectivity index is 2.33. The van der Waals surface area contributed by atoms with E-state index in [0.29, 0.717) is 18.0 Å². The highest BCUT2D eigenvalue weighted by molar-refractivity contribution is 7.92. The topological polar surface area (TPSA) is 86.3 Å². The molecule has 1 heterocycles. The number of hydrogen-bond acceptors (Lipinski definition) is 4. The summed E-state index contributed by atoms with van der Waals surface area (Å²) < 4.78 is 34.5. The lowest BCUT2D eigenvalue weighted by Gasteiger charge is -2.11. The number of aromatic nitrogens is 1. The molecule has 2 rings (SSSR count). The third-order valence-corrected chi connectivity index (χ3v) is 4.37. The van der Waals surface area contributed by atoms with Gasteiger partial charge in [0.25, 0.3) is 10.0 Å². The summed E-state index contributed by atoms with van der Waals surface area (Å²) in [6.45, 7) is 2.58. The summed E-state index contributed by atoms with van der Waals surface area (Å²) in [5, 5.41) is 0. The van der Waals surface area contributed by atoms with E-state index < -0.39 is 10.0 Å². The lowest BCUT2D eigenvalue weighted by molar-refractivity contribution is 0.342. The molecule has 21 heavy (non-hydrogen) atoms. The van der Waals surface area contributed by atoms with Crippen molar-refractivity contribution >= 4 is 15.7 Å². The van der Waals surface area contributed by atoms with Gasteiger partial charge in [0, 0.05) is 25.5 Å². The molecule has 0 spiro atoms. The summed E-state index contributed by atoms with van der Waals surface area (Å²) in [7, 11) is -1.91. The van der Waals surface area contributed by atoms with Crippen molar-refractivity contribution in [1.82, 2.24) is 4.57 Å². The average molecular weight is 309 g/mol. The van der Waals surface area contributed by atoms with Crippen LogP contribution in [-0.2, 0) is 23.6 Å². The first-order valence-electron chi connectivity index (χ1n) is 6.58. The van der Waals surface area contributed by atoms with E-state index in [-0.39, 0.29) is 11.4 Å². The van der Waals surface area contributed by atoms with E-state index in [1.807, 2.05) is 6.92 Å². The first-order valence-corrected chi connectivity index (χ1v) is 8.06. The highest BCUT2D eigenvalue weighted by atomic mass is 32.2. The molecule has 1 aromatic carbocycles. The summed E-state index contributed by atoms with van der Waals surface area (Å²) in [5.41, 5.74) is 6.73. The zero-order valence-electron chi connectivity index (χ0n) is 12.0. The van der Waals surface area contributed by atoms with E-state index in [9.17, 15) is 8.42 Å². The van der Waals surface area contributed by atoms with Crippen LogP contribution in [0.15, 0.2) is 41.4 Å². The molecule has 0 saturated carbocycles. The predicted octanol–water partition coefficient (Wildman–Crippen LogP) is 1.68. The van der Waals surface area contributed by atoms with Gasteiger partial charge < -0.3 is 15.0 Å². The summed E-state index contributed by atoms with van der Waals surface area (Å²) in [4.78, 5) is 0.178. The number of hydrogen-bond donors (Lipinski definition) is 2. The van der Waals surface area contributed by atoms with E-state index in [2.05, 4.69) is 4.72 Å². The SMILES string of the molecule is CCOc1ccccc1NS(=O)(=O)c1cc(CN)n(C)c1. The van der Waals surface area contributed by atoms with Crippen LogP contribution in [0.1, 0.15) is 12.6 Å². The van der Waals surface area contributed by atoms with Crippen molar-refractivity contribution in [2.24, 2.45) is 12.8 Å². The van der Waals surface area contributed by atoms with Crippen molar-refractivity contribution in [3.05, 3.63) is 42.2 Å². The normalized spacial score (nSPS) is 11.4. The number of para-hydroxylation sites is 2. The van der Waals surface area contributed by atoms with Gasteiger partial charge in [-0.25, -0.2) is 8.42 Å². The van der Waals surface area contributed by atoms with Gasteiger partial charge in [-0.15, -0.1) is 0 Å². The number of benzene rings is 1. The molecule has 3 N–H and O–H groups in total. The van der Waals surface area contributed by atoms with Gasteiger partial charge in [-0.05, 0) is 25.1 Å².